The molecule has 3 aliphatic rings. The summed E-state index contributed by atoms with van der Waals surface area (Å²) in [6.45, 7) is 4.46. The van der Waals surface area contributed by atoms with Crippen molar-refractivity contribution in [2.45, 2.75) is 62.7 Å². The molecule has 0 unspecified atom stereocenters. The number of nitrogens with zero attached hydrogens (tertiary/aromatic N) is 3. The summed E-state index contributed by atoms with van der Waals surface area (Å²) in [5.41, 5.74) is 1.28. The van der Waals surface area contributed by atoms with Crippen molar-refractivity contribution in [1.82, 2.24) is 19.2 Å². The molecule has 0 bridgehead atoms. The molecule has 2 aromatic carbocycles. The van der Waals surface area contributed by atoms with Crippen molar-refractivity contribution in [3.8, 4) is 17.2 Å². The molecule has 0 radical (unpaired) electrons. The van der Waals surface area contributed by atoms with Gasteiger partial charge in [-0.2, -0.15) is 4.31 Å². The Kier molecular flexibility index (Phi) is 10.9. The third kappa shape index (κ3) is 8.13. The van der Waals surface area contributed by atoms with Gasteiger partial charge in [-0.25, -0.2) is 13.2 Å². The number of fused-ring (bicyclic) bond motifs is 2. The lowest BCUT2D eigenvalue weighted by atomic mass is 10.0. The number of aliphatic hydroxyl groups is 1. The highest BCUT2D eigenvalue weighted by atomic mass is 35.5. The number of hydrogen-bond donors (Lipinski definition) is 2. The Balaban J connectivity index is 1.18. The van der Waals surface area contributed by atoms with Gasteiger partial charge in [0.2, 0.25) is 16.8 Å². The van der Waals surface area contributed by atoms with Crippen LogP contribution in [0.2, 0.25) is 4.34 Å². The van der Waals surface area contributed by atoms with E-state index in [1.165, 1.54) is 16.4 Å². The van der Waals surface area contributed by atoms with Gasteiger partial charge >= 0.3 is 6.09 Å². The number of hydrogen-bond acceptors (Lipinski definition) is 13. The molecule has 260 valence electrons. The van der Waals surface area contributed by atoms with Gasteiger partial charge in [0.05, 0.1) is 36.2 Å². The first kappa shape index (κ1) is 34.6. The second-order valence-electron chi connectivity index (χ2n) is 12.1. The molecule has 2 N–H and O–H groups in total. The summed E-state index contributed by atoms with van der Waals surface area (Å²) in [6.07, 6.45) is -2.11. The summed E-state index contributed by atoms with van der Waals surface area (Å²) in [4.78, 5) is 13.2. The Bertz CT molecular complexity index is 1680. The summed E-state index contributed by atoms with van der Waals surface area (Å²) in [5, 5.41) is 18.4. The van der Waals surface area contributed by atoms with Crippen LogP contribution in [0, 0.1) is 11.8 Å². The Morgan fingerprint density at radius 3 is 2.69 bits per heavy atom. The van der Waals surface area contributed by atoms with Crippen molar-refractivity contribution >= 4 is 39.2 Å². The summed E-state index contributed by atoms with van der Waals surface area (Å²) in [5.74, 6) is 1.20. The standard InChI is InChI=1S/C31H37ClN4O10S2/c1-18(2)13-36(48(39,40)21-7-8-26-27(12-21)45-17-44-26)14-25(37)23(33-31(38)46-28-16-43-30-22(28)9-10-41-30)11-19-3-5-20(6-4-19)42-15-24-29(32)47-35-34-24/h3-8,12,18,22-23,25,28,30,37H,9-11,13-17H2,1-2H3,(H,33,38)/t22-,23-,25+,28-,30+/m0/s1. The monoisotopic (exact) mass is 724 g/mol. The molecule has 0 aliphatic carbocycles. The number of amides is 1. The summed E-state index contributed by atoms with van der Waals surface area (Å²) >= 11 is 7.14. The van der Waals surface area contributed by atoms with Gasteiger partial charge in [0.25, 0.3) is 0 Å². The molecule has 6 rings (SSSR count). The smallest absolute Gasteiger partial charge is 0.407 e. The van der Waals surface area contributed by atoms with Crippen LogP contribution in [0.5, 0.6) is 17.2 Å². The number of sulfonamides is 1. The summed E-state index contributed by atoms with van der Waals surface area (Å²) in [6, 6.07) is 10.6. The summed E-state index contributed by atoms with van der Waals surface area (Å²) < 4.78 is 66.6. The van der Waals surface area contributed by atoms with Gasteiger partial charge in [-0.1, -0.05) is 42.1 Å². The zero-order chi connectivity index (χ0) is 33.8. The van der Waals surface area contributed by atoms with Crippen LogP contribution in [-0.4, -0.2) is 91.1 Å². The normalized spacial score (nSPS) is 21.3. The number of benzene rings is 2. The first-order valence-electron chi connectivity index (χ1n) is 15.5. The average molecular weight is 725 g/mol. The molecule has 3 aromatic rings. The third-order valence-corrected chi connectivity index (χ3v) is 11.0. The van der Waals surface area contributed by atoms with Gasteiger partial charge in [-0.3, -0.25) is 0 Å². The molecule has 4 heterocycles. The molecule has 48 heavy (non-hydrogen) atoms. The van der Waals surface area contributed by atoms with Crippen LogP contribution >= 0.6 is 23.1 Å². The van der Waals surface area contributed by atoms with Gasteiger partial charge < -0.3 is 38.8 Å². The first-order valence-corrected chi connectivity index (χ1v) is 18.1. The fourth-order valence-corrected chi connectivity index (χ4v) is 8.00. The van der Waals surface area contributed by atoms with E-state index in [2.05, 4.69) is 14.9 Å². The zero-order valence-electron chi connectivity index (χ0n) is 26.3. The van der Waals surface area contributed by atoms with Crippen LogP contribution in [0.4, 0.5) is 4.79 Å². The van der Waals surface area contributed by atoms with Gasteiger partial charge in [-0.05, 0) is 48.6 Å². The largest absolute Gasteiger partial charge is 0.487 e. The highest BCUT2D eigenvalue weighted by molar-refractivity contribution is 7.89. The molecular weight excluding hydrogens is 688 g/mol. The Morgan fingerprint density at radius 1 is 1.15 bits per heavy atom. The van der Waals surface area contributed by atoms with E-state index < -0.39 is 40.7 Å². The van der Waals surface area contributed by atoms with Crippen LogP contribution in [0.25, 0.3) is 0 Å². The average Bonchev–Trinajstić information content (AvgIpc) is 3.86. The molecule has 0 spiro atoms. The number of halogens is 1. The van der Waals surface area contributed by atoms with Gasteiger partial charge in [0.15, 0.2) is 17.8 Å². The minimum atomic E-state index is -4.08. The topological polar surface area (TPSA) is 168 Å². The van der Waals surface area contributed by atoms with E-state index in [0.717, 1.165) is 17.1 Å². The number of ether oxygens (including phenoxy) is 6. The minimum absolute atomic E-state index is 0.00282. The SMILES string of the molecule is CC(C)CN(C[C@@H](O)[C@H](Cc1ccc(OCc2nnsc2Cl)cc1)NC(=O)O[C@H]1CO[C@H]2OCC[C@H]21)S(=O)(=O)c1ccc2c(c1)OCO2. The molecule has 2 fully saturated rings. The Hall–Kier alpha value is -3.25. The molecular formula is C31H37ClN4O10S2. The van der Waals surface area contributed by atoms with Gasteiger partial charge in [-0.15, -0.1) is 5.10 Å². The molecule has 1 amide bonds. The maximum absolute atomic E-state index is 13.9. The predicted octanol–water partition coefficient (Wildman–Crippen LogP) is 3.61. The van der Waals surface area contributed by atoms with Crippen molar-refractivity contribution in [3.63, 3.8) is 0 Å². The zero-order valence-corrected chi connectivity index (χ0v) is 28.7. The maximum atomic E-state index is 13.9. The molecule has 2 saturated heterocycles. The number of nitrogens with one attached hydrogen (secondary N) is 1. The van der Waals surface area contributed by atoms with Gasteiger partial charge in [0.1, 0.15) is 28.5 Å². The van der Waals surface area contributed by atoms with Crippen molar-refractivity contribution < 1.29 is 46.7 Å². The van der Waals surface area contributed by atoms with Crippen LogP contribution in [0.1, 0.15) is 31.5 Å². The lowest BCUT2D eigenvalue weighted by Gasteiger charge is -2.31. The van der Waals surface area contributed by atoms with Gasteiger partial charge in [0, 0.05) is 30.7 Å². The van der Waals surface area contributed by atoms with Crippen LogP contribution in [-0.2, 0) is 37.3 Å². The number of alkyl carbamates (subject to hydrolysis) is 1. The van der Waals surface area contributed by atoms with E-state index in [1.807, 2.05) is 13.8 Å². The fraction of sp³-hybridized carbons (Fsp3) is 0.516. The van der Waals surface area contributed by atoms with E-state index >= 15 is 0 Å². The van der Waals surface area contributed by atoms with Crippen molar-refractivity contribution in [2.75, 3.05) is 33.1 Å². The highest BCUT2D eigenvalue weighted by Crippen LogP contribution is 2.35. The maximum Gasteiger partial charge on any atom is 0.407 e. The van der Waals surface area contributed by atoms with Crippen molar-refractivity contribution in [2.24, 2.45) is 11.8 Å². The predicted molar refractivity (Wildman–Crippen MR) is 173 cm³/mol. The summed E-state index contributed by atoms with van der Waals surface area (Å²) in [7, 11) is -4.08. The Morgan fingerprint density at radius 2 is 1.94 bits per heavy atom. The second kappa shape index (κ2) is 15.1. The fourth-order valence-electron chi connectivity index (χ4n) is 5.76. The van der Waals surface area contributed by atoms with Crippen LogP contribution in [0.3, 0.4) is 0 Å². The second-order valence-corrected chi connectivity index (χ2v) is 15.4. The van der Waals surface area contributed by atoms with E-state index in [1.54, 1.807) is 30.3 Å². The minimum Gasteiger partial charge on any atom is -0.487 e. The van der Waals surface area contributed by atoms with Crippen molar-refractivity contribution in [1.29, 1.82) is 0 Å². The Labute approximate surface area is 287 Å². The highest BCUT2D eigenvalue weighted by Gasteiger charge is 2.44. The van der Waals surface area contributed by atoms with E-state index in [-0.39, 0.29) is 56.2 Å². The molecule has 17 heteroatoms. The van der Waals surface area contributed by atoms with E-state index in [4.69, 9.17) is 40.0 Å². The first-order chi connectivity index (χ1) is 23.1. The number of carbonyl (C=O) groups excluding carboxylic acids is 1. The quantitative estimate of drug-likeness (QED) is 0.248. The number of rotatable bonds is 14. The molecule has 0 saturated carbocycles. The molecule has 5 atom stereocenters. The van der Waals surface area contributed by atoms with E-state index in [0.29, 0.717) is 40.3 Å². The molecule has 3 aliphatic heterocycles. The lowest BCUT2D eigenvalue weighted by Crippen LogP contribution is -2.51. The third-order valence-electron chi connectivity index (χ3n) is 8.22. The van der Waals surface area contributed by atoms with Crippen molar-refractivity contribution in [3.05, 3.63) is 58.1 Å². The molecule has 14 nitrogen and oxygen atoms in total. The number of aromatic nitrogens is 2. The number of carbonyl (C=O) groups is 1. The van der Waals surface area contributed by atoms with Crippen LogP contribution < -0.4 is 19.5 Å². The van der Waals surface area contributed by atoms with E-state index in [9.17, 15) is 18.3 Å². The lowest BCUT2D eigenvalue weighted by molar-refractivity contribution is -0.0907. The number of aliphatic hydroxyl groups excluding tert-OH is 1. The molecule has 1 aromatic heterocycles. The van der Waals surface area contributed by atoms with Crippen LogP contribution in [0.15, 0.2) is 47.4 Å².